The smallest absolute Gasteiger partial charge is 0.321 e. The van der Waals surface area contributed by atoms with E-state index in [1.54, 1.807) is 25.1 Å². The van der Waals surface area contributed by atoms with E-state index < -0.39 is 24.1 Å². The Bertz CT molecular complexity index is 516. The summed E-state index contributed by atoms with van der Waals surface area (Å²) in [5, 5.41) is 13.9. The molecule has 1 unspecified atom stereocenters. The molecule has 1 aromatic carbocycles. The summed E-state index contributed by atoms with van der Waals surface area (Å²) >= 11 is 0. The van der Waals surface area contributed by atoms with Gasteiger partial charge in [0.2, 0.25) is 0 Å². The van der Waals surface area contributed by atoms with Crippen LogP contribution in [0.3, 0.4) is 0 Å². The van der Waals surface area contributed by atoms with Crippen LogP contribution >= 0.6 is 0 Å². The van der Waals surface area contributed by atoms with Gasteiger partial charge in [-0.2, -0.15) is 0 Å². The van der Waals surface area contributed by atoms with Crippen molar-refractivity contribution in [3.05, 3.63) is 23.8 Å². The van der Waals surface area contributed by atoms with Crippen molar-refractivity contribution in [3.63, 3.8) is 0 Å². The van der Waals surface area contributed by atoms with Crippen LogP contribution in [-0.2, 0) is 4.79 Å². The van der Waals surface area contributed by atoms with E-state index in [-0.39, 0.29) is 0 Å². The lowest BCUT2D eigenvalue weighted by Crippen LogP contribution is -2.44. The van der Waals surface area contributed by atoms with E-state index in [0.717, 1.165) is 0 Å². The van der Waals surface area contributed by atoms with Crippen LogP contribution < -0.4 is 20.1 Å². The summed E-state index contributed by atoms with van der Waals surface area (Å²) in [5.74, 6) is 0.172. The van der Waals surface area contributed by atoms with Crippen molar-refractivity contribution in [1.82, 2.24) is 10.6 Å². The summed E-state index contributed by atoms with van der Waals surface area (Å²) in [7, 11) is 2.87. The molecule has 0 saturated carbocycles. The molecule has 3 N–H and O–H groups in total. The highest BCUT2D eigenvalue weighted by Crippen LogP contribution is 2.30. The molecule has 0 spiro atoms. The molecular formula is C14H20N2O5. The Balaban J connectivity index is 2.82. The van der Waals surface area contributed by atoms with Gasteiger partial charge in [0.15, 0.2) is 17.6 Å². The number of benzene rings is 1. The number of carbonyl (C=O) groups is 2. The average molecular weight is 296 g/mol. The Morgan fingerprint density at radius 1 is 1.24 bits per heavy atom. The van der Waals surface area contributed by atoms with Gasteiger partial charge in [0, 0.05) is 7.05 Å². The molecule has 1 aromatic rings. The molecule has 0 aliphatic rings. The lowest BCUT2D eigenvalue weighted by molar-refractivity contribution is -0.126. The molecule has 116 valence electrons. The number of aliphatic hydroxyl groups excluding tert-OH is 1. The van der Waals surface area contributed by atoms with Crippen LogP contribution in [0.4, 0.5) is 4.79 Å². The number of hydrogen-bond acceptors (Lipinski definition) is 5. The van der Waals surface area contributed by atoms with E-state index in [0.29, 0.717) is 17.1 Å². The van der Waals surface area contributed by atoms with Crippen LogP contribution in [0, 0.1) is 0 Å². The van der Waals surface area contributed by atoms with E-state index in [1.807, 2.05) is 0 Å². The molecule has 2 atom stereocenters. The number of amides is 3. The molecule has 0 fully saturated rings. The summed E-state index contributed by atoms with van der Waals surface area (Å²) in [4.78, 5) is 22.8. The molecule has 21 heavy (non-hydrogen) atoms. The van der Waals surface area contributed by atoms with Gasteiger partial charge in [-0.25, -0.2) is 4.79 Å². The minimum Gasteiger partial charge on any atom is -0.493 e. The van der Waals surface area contributed by atoms with Crippen molar-refractivity contribution in [3.8, 4) is 11.5 Å². The van der Waals surface area contributed by atoms with Crippen molar-refractivity contribution >= 4 is 11.9 Å². The fraction of sp³-hybridized carbons (Fsp3) is 0.429. The van der Waals surface area contributed by atoms with Crippen molar-refractivity contribution in [2.45, 2.75) is 26.1 Å². The fourth-order valence-corrected chi connectivity index (χ4v) is 1.56. The first kappa shape index (κ1) is 16.8. The van der Waals surface area contributed by atoms with Crippen molar-refractivity contribution in [1.29, 1.82) is 0 Å². The van der Waals surface area contributed by atoms with Crippen molar-refractivity contribution in [2.75, 3.05) is 14.2 Å². The molecule has 0 aromatic heterocycles. The van der Waals surface area contributed by atoms with Gasteiger partial charge in [-0.05, 0) is 31.5 Å². The predicted octanol–water partition coefficient (Wildman–Crippen LogP) is 0.971. The third-order valence-electron chi connectivity index (χ3n) is 2.81. The maximum atomic E-state index is 11.7. The number of imide groups is 1. The Labute approximate surface area is 123 Å². The molecule has 0 heterocycles. The van der Waals surface area contributed by atoms with E-state index in [9.17, 15) is 14.7 Å². The maximum Gasteiger partial charge on any atom is 0.321 e. The monoisotopic (exact) mass is 296 g/mol. The largest absolute Gasteiger partial charge is 0.493 e. The van der Waals surface area contributed by atoms with Crippen LogP contribution in [-0.4, -0.2) is 37.3 Å². The van der Waals surface area contributed by atoms with Crippen LogP contribution in [0.25, 0.3) is 0 Å². The van der Waals surface area contributed by atoms with Gasteiger partial charge in [0.1, 0.15) is 0 Å². The number of carbonyl (C=O) groups excluding carboxylic acids is 2. The second-order valence-corrected chi connectivity index (χ2v) is 4.41. The maximum absolute atomic E-state index is 11.7. The van der Waals surface area contributed by atoms with E-state index in [2.05, 4.69) is 10.6 Å². The van der Waals surface area contributed by atoms with Crippen LogP contribution in [0.5, 0.6) is 11.5 Å². The summed E-state index contributed by atoms with van der Waals surface area (Å²) in [6, 6.07) is 4.30. The van der Waals surface area contributed by atoms with E-state index in [1.165, 1.54) is 21.1 Å². The number of ether oxygens (including phenoxy) is 2. The number of aliphatic hydroxyl groups is 1. The van der Waals surface area contributed by atoms with Gasteiger partial charge in [-0.15, -0.1) is 0 Å². The Morgan fingerprint density at radius 3 is 2.43 bits per heavy atom. The molecule has 3 amide bonds. The minimum atomic E-state index is -0.881. The summed E-state index contributed by atoms with van der Waals surface area (Å²) in [6.45, 7) is 3.15. The van der Waals surface area contributed by atoms with E-state index >= 15 is 0 Å². The zero-order chi connectivity index (χ0) is 16.0. The first-order valence-corrected chi connectivity index (χ1v) is 6.44. The summed E-state index contributed by atoms with van der Waals surface area (Å²) < 4.78 is 10.7. The van der Waals surface area contributed by atoms with Gasteiger partial charge in [-0.1, -0.05) is 6.07 Å². The SMILES string of the molecule is CNC(=O)NC(=O)C(C)Oc1ccc([C@@H](C)O)cc1OC. The Kier molecular flexibility index (Phi) is 5.98. The lowest BCUT2D eigenvalue weighted by Gasteiger charge is -2.17. The van der Waals surface area contributed by atoms with Gasteiger partial charge in [0.05, 0.1) is 13.2 Å². The molecule has 0 saturated heterocycles. The number of nitrogens with one attached hydrogen (secondary N) is 2. The topological polar surface area (TPSA) is 96.9 Å². The first-order chi connectivity index (χ1) is 9.88. The molecule has 0 aliphatic heterocycles. The Morgan fingerprint density at radius 2 is 1.90 bits per heavy atom. The molecule has 0 aliphatic carbocycles. The third kappa shape index (κ3) is 4.64. The third-order valence-corrected chi connectivity index (χ3v) is 2.81. The predicted molar refractivity (Wildman–Crippen MR) is 76.3 cm³/mol. The standard InChI is InChI=1S/C14H20N2O5/c1-8(17)10-5-6-11(12(7-10)20-4)21-9(2)13(18)16-14(19)15-3/h5-9,17H,1-4H3,(H2,15,16,18,19)/t8-,9?/m1/s1. The fourth-order valence-electron chi connectivity index (χ4n) is 1.56. The Hall–Kier alpha value is -2.28. The molecule has 1 rings (SSSR count). The first-order valence-electron chi connectivity index (χ1n) is 6.44. The highest BCUT2D eigenvalue weighted by Gasteiger charge is 2.19. The van der Waals surface area contributed by atoms with Crippen LogP contribution in [0.2, 0.25) is 0 Å². The highest BCUT2D eigenvalue weighted by atomic mass is 16.5. The van der Waals surface area contributed by atoms with Gasteiger partial charge in [-0.3, -0.25) is 10.1 Å². The molecular weight excluding hydrogens is 276 g/mol. The zero-order valence-corrected chi connectivity index (χ0v) is 12.5. The van der Waals surface area contributed by atoms with Gasteiger partial charge < -0.3 is 19.9 Å². The molecule has 0 bridgehead atoms. The molecule has 7 nitrogen and oxygen atoms in total. The molecule has 0 radical (unpaired) electrons. The number of rotatable bonds is 5. The molecule has 7 heteroatoms. The second-order valence-electron chi connectivity index (χ2n) is 4.41. The second kappa shape index (κ2) is 7.49. The van der Waals surface area contributed by atoms with Gasteiger partial charge >= 0.3 is 6.03 Å². The number of hydrogen-bond donors (Lipinski definition) is 3. The van der Waals surface area contributed by atoms with Gasteiger partial charge in [0.25, 0.3) is 5.91 Å². The quantitative estimate of drug-likeness (QED) is 0.752. The number of methoxy groups -OCH3 is 1. The van der Waals surface area contributed by atoms with Crippen molar-refractivity contribution in [2.24, 2.45) is 0 Å². The summed E-state index contributed by atoms with van der Waals surface area (Å²) in [6.07, 6.45) is -1.52. The summed E-state index contributed by atoms with van der Waals surface area (Å²) in [5.41, 5.74) is 0.668. The highest BCUT2D eigenvalue weighted by molar-refractivity contribution is 5.96. The van der Waals surface area contributed by atoms with Crippen LogP contribution in [0.1, 0.15) is 25.5 Å². The zero-order valence-electron chi connectivity index (χ0n) is 12.5. The number of urea groups is 1. The minimum absolute atomic E-state index is 0.349. The van der Waals surface area contributed by atoms with Crippen molar-refractivity contribution < 1.29 is 24.2 Å². The average Bonchev–Trinajstić information content (AvgIpc) is 2.46. The van der Waals surface area contributed by atoms with Crippen LogP contribution in [0.15, 0.2) is 18.2 Å². The normalized spacial score (nSPS) is 13.0. The lowest BCUT2D eigenvalue weighted by atomic mass is 10.1. The van der Waals surface area contributed by atoms with E-state index in [4.69, 9.17) is 9.47 Å².